The second-order valence-electron chi connectivity index (χ2n) is 4.36. The highest BCUT2D eigenvalue weighted by molar-refractivity contribution is 7.89. The number of hydrogen-bond donors (Lipinski definition) is 2. The Hall–Kier alpha value is -1.42. The van der Waals surface area contributed by atoms with Crippen molar-refractivity contribution < 1.29 is 32.6 Å². The standard InChI is InChI=1S/C11H15NO7S/c1-7-10(4-9(19-7)11(14)15)20(16,17)12-2-3-18-6-8(12)5-13/h4,8,13H,2-3,5-6H2,1H3,(H,14,15). The second kappa shape index (κ2) is 5.52. The lowest BCUT2D eigenvalue weighted by Gasteiger charge is -2.33. The van der Waals surface area contributed by atoms with Crippen LogP contribution < -0.4 is 0 Å². The van der Waals surface area contributed by atoms with Gasteiger partial charge in [0.15, 0.2) is 0 Å². The van der Waals surface area contributed by atoms with Crippen LogP contribution >= 0.6 is 0 Å². The summed E-state index contributed by atoms with van der Waals surface area (Å²) in [6.07, 6.45) is 0. The van der Waals surface area contributed by atoms with E-state index in [9.17, 15) is 18.3 Å². The van der Waals surface area contributed by atoms with Crippen LogP contribution in [0.3, 0.4) is 0 Å². The molecule has 0 amide bonds. The highest BCUT2D eigenvalue weighted by atomic mass is 32.2. The van der Waals surface area contributed by atoms with Gasteiger partial charge >= 0.3 is 5.97 Å². The van der Waals surface area contributed by atoms with Gasteiger partial charge in [0.25, 0.3) is 0 Å². The number of ether oxygens (including phenoxy) is 1. The molecule has 112 valence electrons. The van der Waals surface area contributed by atoms with Crippen molar-refractivity contribution in [3.63, 3.8) is 0 Å². The predicted molar refractivity (Wildman–Crippen MR) is 66.0 cm³/mol. The zero-order chi connectivity index (χ0) is 14.9. The molecule has 0 aromatic carbocycles. The first-order valence-corrected chi connectivity index (χ1v) is 7.36. The fourth-order valence-corrected chi connectivity index (χ4v) is 3.80. The molecule has 1 aliphatic rings. The number of aromatic carboxylic acids is 1. The minimum Gasteiger partial charge on any atom is -0.475 e. The minimum absolute atomic E-state index is 0.00517. The summed E-state index contributed by atoms with van der Waals surface area (Å²) in [4.78, 5) is 10.6. The van der Waals surface area contributed by atoms with Crippen LogP contribution in [-0.4, -0.2) is 61.3 Å². The molecule has 0 aliphatic carbocycles. The van der Waals surface area contributed by atoms with Gasteiger partial charge in [0, 0.05) is 12.6 Å². The Labute approximate surface area is 115 Å². The van der Waals surface area contributed by atoms with Gasteiger partial charge < -0.3 is 19.4 Å². The van der Waals surface area contributed by atoms with Gasteiger partial charge in [-0.2, -0.15) is 4.31 Å². The molecule has 2 heterocycles. The molecule has 0 saturated carbocycles. The Kier molecular flexibility index (Phi) is 4.14. The van der Waals surface area contributed by atoms with Gasteiger partial charge in [-0.15, -0.1) is 0 Å². The number of carboxylic acid groups (broad SMARTS) is 1. The number of sulfonamides is 1. The number of carbonyl (C=O) groups is 1. The lowest BCUT2D eigenvalue weighted by Crippen LogP contribution is -2.50. The maximum Gasteiger partial charge on any atom is 0.371 e. The van der Waals surface area contributed by atoms with Crippen molar-refractivity contribution in [3.05, 3.63) is 17.6 Å². The van der Waals surface area contributed by atoms with E-state index >= 15 is 0 Å². The maximum atomic E-state index is 12.5. The van der Waals surface area contributed by atoms with Crippen molar-refractivity contribution in [1.82, 2.24) is 4.31 Å². The summed E-state index contributed by atoms with van der Waals surface area (Å²) < 4.78 is 36.2. The fraction of sp³-hybridized carbons (Fsp3) is 0.545. The van der Waals surface area contributed by atoms with Crippen LogP contribution in [0.1, 0.15) is 16.3 Å². The van der Waals surface area contributed by atoms with Gasteiger partial charge in [-0.1, -0.05) is 0 Å². The number of aryl methyl sites for hydroxylation is 1. The van der Waals surface area contributed by atoms with E-state index in [1.165, 1.54) is 6.92 Å². The van der Waals surface area contributed by atoms with Gasteiger partial charge in [-0.3, -0.25) is 0 Å². The predicted octanol–water partition coefficient (Wildman–Crippen LogP) is -0.332. The number of aliphatic hydroxyl groups is 1. The lowest BCUT2D eigenvalue weighted by atomic mass is 10.3. The second-order valence-corrected chi connectivity index (χ2v) is 6.22. The average molecular weight is 305 g/mol. The molecule has 1 aromatic rings. The first-order valence-electron chi connectivity index (χ1n) is 5.92. The third-order valence-corrected chi connectivity index (χ3v) is 5.11. The van der Waals surface area contributed by atoms with Gasteiger partial charge in [-0.25, -0.2) is 13.2 Å². The normalized spacial score (nSPS) is 21.0. The number of furan rings is 1. The van der Waals surface area contributed by atoms with Crippen molar-refractivity contribution in [2.75, 3.05) is 26.4 Å². The molecule has 0 bridgehead atoms. The summed E-state index contributed by atoms with van der Waals surface area (Å²) in [6, 6.07) is 0.299. The molecule has 1 unspecified atom stereocenters. The quantitative estimate of drug-likeness (QED) is 0.782. The maximum absolute atomic E-state index is 12.5. The number of aliphatic hydroxyl groups excluding tert-OH is 1. The number of rotatable bonds is 4. The first kappa shape index (κ1) is 15.0. The van der Waals surface area contributed by atoms with Gasteiger partial charge in [0.2, 0.25) is 15.8 Å². The van der Waals surface area contributed by atoms with Crippen LogP contribution in [0.25, 0.3) is 0 Å². The highest BCUT2D eigenvalue weighted by Gasteiger charge is 2.36. The Balaban J connectivity index is 2.41. The summed E-state index contributed by atoms with van der Waals surface area (Å²) in [7, 11) is -3.93. The average Bonchev–Trinajstić information content (AvgIpc) is 2.81. The molecule has 1 aromatic heterocycles. The number of carboxylic acids is 1. The van der Waals surface area contributed by atoms with Crippen molar-refractivity contribution in [3.8, 4) is 0 Å². The molecule has 2 N–H and O–H groups in total. The van der Waals surface area contributed by atoms with E-state index in [1.54, 1.807) is 0 Å². The molecule has 9 heteroatoms. The molecule has 20 heavy (non-hydrogen) atoms. The SMILES string of the molecule is Cc1oc(C(=O)O)cc1S(=O)(=O)N1CCOCC1CO. The van der Waals surface area contributed by atoms with E-state index in [1.807, 2.05) is 0 Å². The van der Waals surface area contributed by atoms with Gasteiger partial charge in [0.05, 0.1) is 25.9 Å². The third kappa shape index (κ3) is 2.57. The van der Waals surface area contributed by atoms with E-state index in [2.05, 4.69) is 0 Å². The number of hydrogen-bond acceptors (Lipinski definition) is 6. The van der Waals surface area contributed by atoms with Crippen LogP contribution in [0, 0.1) is 6.92 Å². The summed E-state index contributed by atoms with van der Waals surface area (Å²) in [5.74, 6) is -1.77. The largest absolute Gasteiger partial charge is 0.475 e. The summed E-state index contributed by atoms with van der Waals surface area (Å²) >= 11 is 0. The van der Waals surface area contributed by atoms with Gasteiger partial charge in [-0.05, 0) is 6.92 Å². The Morgan fingerprint density at radius 3 is 2.80 bits per heavy atom. The summed E-state index contributed by atoms with van der Waals surface area (Å²) in [6.45, 7) is 1.42. The van der Waals surface area contributed by atoms with E-state index in [0.29, 0.717) is 0 Å². The number of nitrogens with zero attached hydrogens (tertiary/aromatic N) is 1. The van der Waals surface area contributed by atoms with Crippen LogP contribution in [0.2, 0.25) is 0 Å². The van der Waals surface area contributed by atoms with E-state index in [-0.39, 0.29) is 37.0 Å². The molecule has 2 rings (SSSR count). The van der Waals surface area contributed by atoms with E-state index in [0.717, 1.165) is 10.4 Å². The molecule has 1 aliphatic heterocycles. The van der Waals surface area contributed by atoms with Crippen LogP contribution in [-0.2, 0) is 14.8 Å². The lowest BCUT2D eigenvalue weighted by molar-refractivity contribution is 0.0109. The monoisotopic (exact) mass is 305 g/mol. The Bertz CT molecular complexity index is 606. The van der Waals surface area contributed by atoms with E-state index in [4.69, 9.17) is 14.3 Å². The van der Waals surface area contributed by atoms with Crippen LogP contribution in [0.4, 0.5) is 0 Å². The molecule has 0 spiro atoms. The Morgan fingerprint density at radius 2 is 2.25 bits per heavy atom. The third-order valence-electron chi connectivity index (χ3n) is 3.05. The van der Waals surface area contributed by atoms with E-state index < -0.39 is 27.8 Å². The molecular weight excluding hydrogens is 290 g/mol. The van der Waals surface area contributed by atoms with Crippen LogP contribution in [0.15, 0.2) is 15.4 Å². The highest BCUT2D eigenvalue weighted by Crippen LogP contribution is 2.26. The fourth-order valence-electron chi connectivity index (χ4n) is 2.05. The topological polar surface area (TPSA) is 117 Å². The zero-order valence-corrected chi connectivity index (χ0v) is 11.6. The molecule has 1 saturated heterocycles. The molecule has 8 nitrogen and oxygen atoms in total. The molecule has 1 fully saturated rings. The van der Waals surface area contributed by atoms with Gasteiger partial charge in [0.1, 0.15) is 10.7 Å². The van der Waals surface area contributed by atoms with Crippen LogP contribution in [0.5, 0.6) is 0 Å². The van der Waals surface area contributed by atoms with Crippen molar-refractivity contribution in [1.29, 1.82) is 0 Å². The minimum atomic E-state index is -3.93. The number of morpholine rings is 1. The summed E-state index contributed by atoms with van der Waals surface area (Å²) in [5, 5.41) is 18.1. The molecular formula is C11H15NO7S. The smallest absolute Gasteiger partial charge is 0.371 e. The van der Waals surface area contributed by atoms with Crippen molar-refractivity contribution in [2.24, 2.45) is 0 Å². The Morgan fingerprint density at radius 1 is 1.55 bits per heavy atom. The van der Waals surface area contributed by atoms with Crippen molar-refractivity contribution >= 4 is 16.0 Å². The zero-order valence-electron chi connectivity index (χ0n) is 10.8. The molecule has 1 atom stereocenters. The molecule has 0 radical (unpaired) electrons. The first-order chi connectivity index (χ1) is 9.37. The summed E-state index contributed by atoms with van der Waals surface area (Å²) in [5.41, 5.74) is 0. The van der Waals surface area contributed by atoms with Crippen molar-refractivity contribution in [2.45, 2.75) is 17.9 Å².